The lowest BCUT2D eigenvalue weighted by Gasteiger charge is -2.38. The summed E-state index contributed by atoms with van der Waals surface area (Å²) in [5.41, 5.74) is 5.27. The zero-order valence-electron chi connectivity index (χ0n) is 18.7. The summed E-state index contributed by atoms with van der Waals surface area (Å²) in [4.78, 5) is 37.4. The number of piperidine rings is 1. The van der Waals surface area contributed by atoms with Gasteiger partial charge in [-0.1, -0.05) is 0 Å². The van der Waals surface area contributed by atoms with E-state index in [2.05, 4.69) is 9.97 Å². The van der Waals surface area contributed by atoms with Gasteiger partial charge in [0.05, 0.1) is 12.7 Å². The second-order valence-electron chi connectivity index (χ2n) is 8.50. The molecule has 1 saturated heterocycles. The maximum atomic E-state index is 14.0. The van der Waals surface area contributed by atoms with E-state index >= 15 is 0 Å². The molecule has 1 aliphatic rings. The number of nitrogens with two attached hydrogens (primary N) is 1. The van der Waals surface area contributed by atoms with E-state index in [1.54, 1.807) is 4.90 Å². The lowest BCUT2D eigenvalue weighted by atomic mass is 10.0. The van der Waals surface area contributed by atoms with Crippen molar-refractivity contribution < 1.29 is 23.5 Å². The van der Waals surface area contributed by atoms with Crippen molar-refractivity contribution in [3.63, 3.8) is 0 Å². The van der Waals surface area contributed by atoms with E-state index in [1.165, 1.54) is 36.4 Å². The van der Waals surface area contributed by atoms with Crippen molar-refractivity contribution in [2.45, 2.75) is 45.3 Å². The summed E-state index contributed by atoms with van der Waals surface area (Å²) in [5, 5.41) is 0. The third kappa shape index (κ3) is 5.43. The van der Waals surface area contributed by atoms with E-state index in [1.807, 2.05) is 20.8 Å². The molecule has 2 heterocycles. The van der Waals surface area contributed by atoms with Crippen LogP contribution in [0, 0.1) is 5.82 Å². The number of ether oxygens (including phenoxy) is 2. The number of halogens is 1. The van der Waals surface area contributed by atoms with Crippen molar-refractivity contribution in [2.24, 2.45) is 0 Å². The molecule has 2 N–H and O–H groups in total. The normalized spacial score (nSPS) is 14.7. The molecule has 2 aromatic rings. The van der Waals surface area contributed by atoms with Gasteiger partial charge in [-0.25, -0.2) is 14.2 Å². The molecule has 1 aromatic carbocycles. The average Bonchev–Trinajstić information content (AvgIpc) is 2.73. The second kappa shape index (κ2) is 9.37. The fourth-order valence-corrected chi connectivity index (χ4v) is 3.51. The van der Waals surface area contributed by atoms with Gasteiger partial charge in [0, 0.05) is 25.3 Å². The monoisotopic (exact) mass is 445 g/mol. The minimum atomic E-state index is -0.598. The summed E-state index contributed by atoms with van der Waals surface area (Å²) in [6, 6.07) is 4.91. The van der Waals surface area contributed by atoms with Gasteiger partial charge in [-0.3, -0.25) is 9.69 Å². The Morgan fingerprint density at radius 1 is 1.22 bits per heavy atom. The molecule has 0 spiro atoms. The van der Waals surface area contributed by atoms with Gasteiger partial charge in [-0.05, 0) is 57.9 Å². The number of methoxy groups -OCH3 is 1. The van der Waals surface area contributed by atoms with Crippen LogP contribution in [0.1, 0.15) is 44.0 Å². The van der Waals surface area contributed by atoms with Crippen molar-refractivity contribution in [3.8, 4) is 5.75 Å². The molecule has 0 atom stereocenters. The maximum absolute atomic E-state index is 14.0. The fourth-order valence-electron chi connectivity index (χ4n) is 3.51. The van der Waals surface area contributed by atoms with Crippen LogP contribution in [0.3, 0.4) is 0 Å². The Labute approximate surface area is 186 Å². The minimum absolute atomic E-state index is 0.0492. The Kier molecular flexibility index (Phi) is 6.81. The lowest BCUT2D eigenvalue weighted by Crippen LogP contribution is -2.50. The van der Waals surface area contributed by atoms with Crippen molar-refractivity contribution in [2.75, 3.05) is 30.8 Å². The van der Waals surface area contributed by atoms with Crippen LogP contribution in [-0.4, -0.2) is 58.7 Å². The van der Waals surface area contributed by atoms with Crippen molar-refractivity contribution in [3.05, 3.63) is 41.8 Å². The summed E-state index contributed by atoms with van der Waals surface area (Å²) in [6.07, 6.45) is 1.97. The van der Waals surface area contributed by atoms with Gasteiger partial charge >= 0.3 is 6.09 Å². The van der Waals surface area contributed by atoms with Crippen LogP contribution < -0.4 is 15.4 Å². The number of benzene rings is 1. The fraction of sp³-hybridized carbons (Fsp3) is 0.455. The summed E-state index contributed by atoms with van der Waals surface area (Å²) < 4.78 is 24.7. The molecule has 32 heavy (non-hydrogen) atoms. The zero-order chi connectivity index (χ0) is 23.5. The quantitative estimate of drug-likeness (QED) is 0.769. The van der Waals surface area contributed by atoms with E-state index in [0.29, 0.717) is 25.9 Å². The van der Waals surface area contributed by atoms with Crippen LogP contribution in [0.4, 0.5) is 21.0 Å². The average molecular weight is 445 g/mol. The summed E-state index contributed by atoms with van der Waals surface area (Å²) in [6.45, 7) is 6.18. The predicted octanol–water partition coefficient (Wildman–Crippen LogP) is 3.25. The number of nitrogen functional groups attached to an aromatic ring is 1. The van der Waals surface area contributed by atoms with E-state index in [-0.39, 0.29) is 29.1 Å². The van der Waals surface area contributed by atoms with E-state index in [4.69, 9.17) is 15.2 Å². The smallest absolute Gasteiger partial charge is 0.410 e. The number of hydrogen-bond donors (Lipinski definition) is 1. The molecule has 9 nitrogen and oxygen atoms in total. The molecule has 1 aromatic heterocycles. The SMILES string of the molecule is COc1ccc(F)cc1C(=O)N(c1nccc(N)n1)C1CCN(C(=O)OC(C)(C)C)CC1. The molecule has 10 heteroatoms. The largest absolute Gasteiger partial charge is 0.496 e. The lowest BCUT2D eigenvalue weighted by molar-refractivity contribution is 0.0205. The van der Waals surface area contributed by atoms with Gasteiger partial charge in [0.25, 0.3) is 5.91 Å². The van der Waals surface area contributed by atoms with Crippen LogP contribution in [0.15, 0.2) is 30.5 Å². The number of aromatic nitrogens is 2. The first-order chi connectivity index (χ1) is 15.1. The highest BCUT2D eigenvalue weighted by atomic mass is 19.1. The first-order valence-corrected chi connectivity index (χ1v) is 10.3. The molecule has 0 unspecified atom stereocenters. The number of carbonyl (C=O) groups is 2. The van der Waals surface area contributed by atoms with Crippen LogP contribution in [0.2, 0.25) is 0 Å². The molecule has 1 aliphatic heterocycles. The summed E-state index contributed by atoms with van der Waals surface area (Å²) in [5.74, 6) is -0.538. The van der Waals surface area contributed by atoms with Gasteiger partial charge in [0.15, 0.2) is 0 Å². The van der Waals surface area contributed by atoms with Gasteiger partial charge < -0.3 is 20.1 Å². The Hall–Kier alpha value is -3.43. The third-order valence-corrected chi connectivity index (χ3v) is 4.97. The molecule has 1 fully saturated rings. The Bertz CT molecular complexity index is 987. The number of rotatable bonds is 4. The summed E-state index contributed by atoms with van der Waals surface area (Å²) >= 11 is 0. The summed E-state index contributed by atoms with van der Waals surface area (Å²) in [7, 11) is 1.41. The van der Waals surface area contributed by atoms with Gasteiger partial charge in [0.2, 0.25) is 5.95 Å². The van der Waals surface area contributed by atoms with Crippen LogP contribution in [0.5, 0.6) is 5.75 Å². The van der Waals surface area contributed by atoms with Gasteiger partial charge in [0.1, 0.15) is 23.0 Å². The molecule has 0 radical (unpaired) electrons. The molecule has 0 aliphatic carbocycles. The number of hydrogen-bond acceptors (Lipinski definition) is 7. The van der Waals surface area contributed by atoms with E-state index in [0.717, 1.165) is 6.07 Å². The number of nitrogens with zero attached hydrogens (tertiary/aromatic N) is 4. The first kappa shape index (κ1) is 23.2. The van der Waals surface area contributed by atoms with Crippen LogP contribution in [0.25, 0.3) is 0 Å². The molecular weight excluding hydrogens is 417 g/mol. The molecule has 0 saturated carbocycles. The van der Waals surface area contributed by atoms with Crippen molar-refractivity contribution >= 4 is 23.8 Å². The number of anilines is 2. The number of carbonyl (C=O) groups excluding carboxylic acids is 2. The predicted molar refractivity (Wildman–Crippen MR) is 117 cm³/mol. The molecule has 0 bridgehead atoms. The van der Waals surface area contributed by atoms with Crippen molar-refractivity contribution in [1.82, 2.24) is 14.9 Å². The third-order valence-electron chi connectivity index (χ3n) is 4.97. The molecule has 3 rings (SSSR count). The second-order valence-corrected chi connectivity index (χ2v) is 8.50. The number of amides is 2. The standard InChI is InChI=1S/C22H28FN5O4/c1-22(2,3)32-21(30)27-11-8-15(9-12-27)28(20-25-10-7-18(24)26-20)19(29)16-13-14(23)5-6-17(16)31-4/h5-7,10,13,15H,8-9,11-12H2,1-4H3,(H2,24,25,26). The molecular formula is C22H28FN5O4. The Morgan fingerprint density at radius 2 is 1.91 bits per heavy atom. The van der Waals surface area contributed by atoms with Crippen LogP contribution in [-0.2, 0) is 4.74 Å². The van der Waals surface area contributed by atoms with Gasteiger partial charge in [-0.15, -0.1) is 0 Å². The maximum Gasteiger partial charge on any atom is 0.410 e. The Morgan fingerprint density at radius 3 is 2.50 bits per heavy atom. The van der Waals surface area contributed by atoms with E-state index < -0.39 is 23.4 Å². The highest BCUT2D eigenvalue weighted by Crippen LogP contribution is 2.28. The van der Waals surface area contributed by atoms with Crippen molar-refractivity contribution in [1.29, 1.82) is 0 Å². The highest BCUT2D eigenvalue weighted by Gasteiger charge is 2.35. The number of likely N-dealkylation sites (tertiary alicyclic amines) is 1. The van der Waals surface area contributed by atoms with E-state index in [9.17, 15) is 14.0 Å². The minimum Gasteiger partial charge on any atom is -0.496 e. The highest BCUT2D eigenvalue weighted by molar-refractivity contribution is 6.07. The first-order valence-electron chi connectivity index (χ1n) is 10.3. The zero-order valence-corrected chi connectivity index (χ0v) is 18.7. The van der Waals surface area contributed by atoms with Gasteiger partial charge in [-0.2, -0.15) is 4.98 Å². The topological polar surface area (TPSA) is 111 Å². The molecule has 172 valence electrons. The Balaban J connectivity index is 1.88. The van der Waals surface area contributed by atoms with Crippen LogP contribution >= 0.6 is 0 Å². The molecule has 2 amide bonds.